The van der Waals surface area contributed by atoms with E-state index in [1.165, 1.54) is 7.11 Å². The van der Waals surface area contributed by atoms with Crippen molar-refractivity contribution in [2.45, 2.75) is 39.0 Å². The summed E-state index contributed by atoms with van der Waals surface area (Å²) in [6.45, 7) is 6.10. The zero-order valence-corrected chi connectivity index (χ0v) is 20.1. The second kappa shape index (κ2) is 9.58. The number of ether oxygens (including phenoxy) is 2. The number of methoxy groups -OCH3 is 1. The number of benzene rings is 2. The fourth-order valence-electron chi connectivity index (χ4n) is 3.64. The first kappa shape index (κ1) is 23.9. The number of hydrogen-bond acceptors (Lipinski definition) is 7. The van der Waals surface area contributed by atoms with Gasteiger partial charge in [0.15, 0.2) is 0 Å². The van der Waals surface area contributed by atoms with Crippen molar-refractivity contribution >= 4 is 22.6 Å². The first-order valence-corrected chi connectivity index (χ1v) is 11.1. The van der Waals surface area contributed by atoms with Gasteiger partial charge >= 0.3 is 0 Å². The van der Waals surface area contributed by atoms with Crippen LogP contribution in [0.3, 0.4) is 0 Å². The van der Waals surface area contributed by atoms with Gasteiger partial charge in [0, 0.05) is 35.6 Å². The van der Waals surface area contributed by atoms with Gasteiger partial charge in [-0.25, -0.2) is 0 Å². The summed E-state index contributed by atoms with van der Waals surface area (Å²) in [7, 11) is 1.47. The Morgan fingerprint density at radius 2 is 1.74 bits per heavy atom. The zero-order chi connectivity index (χ0) is 25.2. The van der Waals surface area contributed by atoms with E-state index < -0.39 is 5.91 Å². The fourth-order valence-corrected chi connectivity index (χ4v) is 3.64. The third-order valence-electron chi connectivity index (χ3n) is 5.52. The molecule has 1 amide bonds. The summed E-state index contributed by atoms with van der Waals surface area (Å²) < 4.78 is 16.7. The van der Waals surface area contributed by atoms with Crippen LogP contribution < -0.4 is 15.2 Å². The molecule has 0 unspecified atom stereocenters. The molecule has 0 radical (unpaired) electrons. The van der Waals surface area contributed by atoms with E-state index in [1.807, 2.05) is 39.0 Å². The summed E-state index contributed by atoms with van der Waals surface area (Å²) in [6.07, 6.45) is 2.10. The standard InChI is InChI=1S/C27H27N3O5/c1-27(2,3)25-13-17(30-35-25)12-18(31)11-16-5-7-19(8-6-16)34-23-9-10-29-22-15-24(33-4)21(26(28)32)14-20(22)23/h5-10,13-15H,11-12H2,1-4H3,(H2,28,32). The maximum absolute atomic E-state index is 12.5. The Labute approximate surface area is 203 Å². The van der Waals surface area contributed by atoms with Gasteiger partial charge in [0.2, 0.25) is 0 Å². The molecule has 8 nitrogen and oxygen atoms in total. The number of primary amides is 1. The van der Waals surface area contributed by atoms with Gasteiger partial charge < -0.3 is 19.7 Å². The van der Waals surface area contributed by atoms with E-state index in [0.717, 1.165) is 11.3 Å². The van der Waals surface area contributed by atoms with E-state index in [4.69, 9.17) is 19.7 Å². The first-order valence-electron chi connectivity index (χ1n) is 11.1. The SMILES string of the molecule is COc1cc2nccc(Oc3ccc(CC(=O)Cc4cc(C(C)(C)C)on4)cc3)c2cc1C(N)=O. The van der Waals surface area contributed by atoms with Crippen molar-refractivity contribution in [1.82, 2.24) is 10.1 Å². The predicted molar refractivity (Wildman–Crippen MR) is 131 cm³/mol. The summed E-state index contributed by atoms with van der Waals surface area (Å²) in [5, 5.41) is 4.65. The number of rotatable bonds is 8. The second-order valence-electron chi connectivity index (χ2n) is 9.31. The molecule has 0 saturated heterocycles. The second-order valence-corrected chi connectivity index (χ2v) is 9.31. The number of Topliss-reactive ketones (excluding diaryl/α,β-unsaturated/α-hetero) is 1. The van der Waals surface area contributed by atoms with Crippen molar-refractivity contribution in [3.8, 4) is 17.2 Å². The van der Waals surface area contributed by atoms with E-state index in [2.05, 4.69) is 10.1 Å². The zero-order valence-electron chi connectivity index (χ0n) is 20.1. The maximum atomic E-state index is 12.5. The van der Waals surface area contributed by atoms with Gasteiger partial charge in [-0.05, 0) is 29.8 Å². The molecule has 0 spiro atoms. The lowest BCUT2D eigenvalue weighted by Gasteiger charge is -2.12. The number of pyridine rings is 1. The lowest BCUT2D eigenvalue weighted by Crippen LogP contribution is -2.12. The third kappa shape index (κ3) is 5.48. The molecule has 4 aromatic rings. The molecule has 0 fully saturated rings. The Morgan fingerprint density at radius 1 is 1.00 bits per heavy atom. The highest BCUT2D eigenvalue weighted by atomic mass is 16.5. The summed E-state index contributed by atoms with van der Waals surface area (Å²) in [5.41, 5.74) is 7.69. The number of carbonyl (C=O) groups is 2. The van der Waals surface area contributed by atoms with Crippen LogP contribution in [0.15, 0.2) is 59.3 Å². The Bertz CT molecular complexity index is 1380. The first-order chi connectivity index (χ1) is 16.6. The highest BCUT2D eigenvalue weighted by molar-refractivity contribution is 6.01. The highest BCUT2D eigenvalue weighted by Crippen LogP contribution is 2.33. The molecule has 2 N–H and O–H groups in total. The number of nitrogens with two attached hydrogens (primary N) is 1. The topological polar surface area (TPSA) is 118 Å². The molecule has 0 atom stereocenters. The van der Waals surface area contributed by atoms with Crippen molar-refractivity contribution in [2.24, 2.45) is 5.73 Å². The van der Waals surface area contributed by atoms with Gasteiger partial charge in [0.25, 0.3) is 5.91 Å². The van der Waals surface area contributed by atoms with Crippen LogP contribution in [0.25, 0.3) is 10.9 Å². The predicted octanol–water partition coefficient (Wildman–Crippen LogP) is 4.77. The number of carbonyl (C=O) groups excluding carboxylic acids is 2. The smallest absolute Gasteiger partial charge is 0.252 e. The number of nitrogens with zero attached hydrogens (tertiary/aromatic N) is 2. The van der Waals surface area contributed by atoms with Crippen molar-refractivity contribution in [2.75, 3.05) is 7.11 Å². The monoisotopic (exact) mass is 473 g/mol. The molecule has 0 aliphatic heterocycles. The van der Waals surface area contributed by atoms with Crippen LogP contribution in [0.5, 0.6) is 17.2 Å². The highest BCUT2D eigenvalue weighted by Gasteiger charge is 2.20. The van der Waals surface area contributed by atoms with Crippen LogP contribution >= 0.6 is 0 Å². The van der Waals surface area contributed by atoms with Gasteiger partial charge in [-0.15, -0.1) is 0 Å². The van der Waals surface area contributed by atoms with E-state index in [1.54, 1.807) is 36.5 Å². The molecule has 35 heavy (non-hydrogen) atoms. The Morgan fingerprint density at radius 3 is 2.37 bits per heavy atom. The van der Waals surface area contributed by atoms with Gasteiger partial charge in [-0.1, -0.05) is 38.1 Å². The van der Waals surface area contributed by atoms with Gasteiger partial charge in [-0.3, -0.25) is 14.6 Å². The van der Waals surface area contributed by atoms with E-state index in [9.17, 15) is 9.59 Å². The van der Waals surface area contributed by atoms with Gasteiger partial charge in [-0.2, -0.15) is 0 Å². The summed E-state index contributed by atoms with van der Waals surface area (Å²) >= 11 is 0. The van der Waals surface area contributed by atoms with E-state index >= 15 is 0 Å². The molecular weight excluding hydrogens is 446 g/mol. The normalized spacial score (nSPS) is 11.4. The van der Waals surface area contributed by atoms with Gasteiger partial charge in [0.05, 0.1) is 30.3 Å². The van der Waals surface area contributed by atoms with Crippen LogP contribution in [0.1, 0.15) is 48.1 Å². The number of ketones is 1. The van der Waals surface area contributed by atoms with Crippen LogP contribution in [-0.4, -0.2) is 28.9 Å². The molecule has 180 valence electrons. The van der Waals surface area contributed by atoms with Crippen LogP contribution in [0.4, 0.5) is 0 Å². The van der Waals surface area contributed by atoms with Crippen molar-refractivity contribution in [3.05, 3.63) is 77.3 Å². The maximum Gasteiger partial charge on any atom is 0.252 e. The lowest BCUT2D eigenvalue weighted by atomic mass is 9.93. The van der Waals surface area contributed by atoms with Crippen LogP contribution in [0.2, 0.25) is 0 Å². The molecule has 0 aliphatic rings. The van der Waals surface area contributed by atoms with E-state index in [-0.39, 0.29) is 29.6 Å². The average Bonchev–Trinajstić information content (AvgIpc) is 3.28. The summed E-state index contributed by atoms with van der Waals surface area (Å²) in [5.74, 6) is 1.64. The Kier molecular flexibility index (Phi) is 6.55. The number of hydrogen-bond donors (Lipinski definition) is 1. The molecule has 2 aromatic carbocycles. The number of amides is 1. The molecular formula is C27H27N3O5. The molecule has 2 heterocycles. The molecule has 8 heteroatoms. The molecule has 0 bridgehead atoms. The Hall–Kier alpha value is -4.20. The van der Waals surface area contributed by atoms with Crippen molar-refractivity contribution in [3.63, 3.8) is 0 Å². The lowest BCUT2D eigenvalue weighted by molar-refractivity contribution is -0.117. The van der Waals surface area contributed by atoms with Crippen LogP contribution in [0, 0.1) is 0 Å². The van der Waals surface area contributed by atoms with Crippen molar-refractivity contribution in [1.29, 1.82) is 0 Å². The third-order valence-corrected chi connectivity index (χ3v) is 5.52. The molecule has 0 aliphatic carbocycles. The van der Waals surface area contributed by atoms with Crippen molar-refractivity contribution < 1.29 is 23.6 Å². The molecule has 4 rings (SSSR count). The average molecular weight is 474 g/mol. The minimum absolute atomic E-state index is 0.0421. The summed E-state index contributed by atoms with van der Waals surface area (Å²) in [4.78, 5) is 28.7. The van der Waals surface area contributed by atoms with Crippen LogP contribution in [-0.2, 0) is 23.1 Å². The minimum atomic E-state index is -0.604. The van der Waals surface area contributed by atoms with E-state index in [0.29, 0.717) is 33.8 Å². The molecule has 0 saturated carbocycles. The summed E-state index contributed by atoms with van der Waals surface area (Å²) in [6, 6.07) is 14.1. The largest absolute Gasteiger partial charge is 0.496 e. The number of aromatic nitrogens is 2. The fraction of sp³-hybridized carbons (Fsp3) is 0.259. The quantitative estimate of drug-likeness (QED) is 0.391. The Balaban J connectivity index is 1.46. The minimum Gasteiger partial charge on any atom is -0.496 e. The number of fused-ring (bicyclic) bond motifs is 1. The van der Waals surface area contributed by atoms with Gasteiger partial charge in [0.1, 0.15) is 28.8 Å². The molecule has 2 aromatic heterocycles.